The fourth-order valence-corrected chi connectivity index (χ4v) is 2.48. The van der Waals surface area contributed by atoms with Crippen molar-refractivity contribution in [3.05, 3.63) is 23.8 Å². The van der Waals surface area contributed by atoms with E-state index in [0.717, 1.165) is 60.0 Å². The Labute approximate surface area is 117 Å². The lowest BCUT2D eigenvalue weighted by Crippen LogP contribution is -1.97. The molecule has 1 N–H and O–H groups in total. The van der Waals surface area contributed by atoms with Crippen molar-refractivity contribution < 1.29 is 14.0 Å². The van der Waals surface area contributed by atoms with Crippen LogP contribution < -0.4 is 14.8 Å². The Morgan fingerprint density at radius 1 is 1.10 bits per heavy atom. The molecule has 0 saturated carbocycles. The summed E-state index contributed by atoms with van der Waals surface area (Å²) in [4.78, 5) is 0. The monoisotopic (exact) mass is 274 g/mol. The van der Waals surface area contributed by atoms with Gasteiger partial charge in [0.15, 0.2) is 0 Å². The number of nitrogens with zero attached hydrogens (tertiary/aromatic N) is 1. The van der Waals surface area contributed by atoms with Gasteiger partial charge in [-0.3, -0.25) is 0 Å². The summed E-state index contributed by atoms with van der Waals surface area (Å²) >= 11 is 0. The zero-order chi connectivity index (χ0) is 13.9. The van der Waals surface area contributed by atoms with Crippen molar-refractivity contribution in [3.63, 3.8) is 0 Å². The molecule has 1 aliphatic rings. The van der Waals surface area contributed by atoms with Crippen molar-refractivity contribution in [1.29, 1.82) is 0 Å². The Morgan fingerprint density at radius 2 is 1.85 bits per heavy atom. The van der Waals surface area contributed by atoms with E-state index in [9.17, 15) is 0 Å². The lowest BCUT2D eigenvalue weighted by atomic mass is 10.0. The zero-order valence-electron chi connectivity index (χ0n) is 11.7. The molecule has 0 saturated heterocycles. The van der Waals surface area contributed by atoms with Crippen LogP contribution in [0.15, 0.2) is 22.7 Å². The van der Waals surface area contributed by atoms with E-state index >= 15 is 0 Å². The van der Waals surface area contributed by atoms with E-state index in [-0.39, 0.29) is 0 Å². The SMILES string of the molecule is COc1cc(OC)cc(-c2noc3c2CCCCN3)c1. The van der Waals surface area contributed by atoms with Gasteiger partial charge < -0.3 is 19.3 Å². The van der Waals surface area contributed by atoms with Gasteiger partial charge in [0.25, 0.3) is 0 Å². The minimum absolute atomic E-state index is 0.748. The third-order valence-electron chi connectivity index (χ3n) is 3.55. The summed E-state index contributed by atoms with van der Waals surface area (Å²) in [6.07, 6.45) is 3.25. The molecule has 0 radical (unpaired) electrons. The van der Waals surface area contributed by atoms with Crippen molar-refractivity contribution in [1.82, 2.24) is 5.16 Å². The number of fused-ring (bicyclic) bond motifs is 1. The quantitative estimate of drug-likeness (QED) is 0.932. The molecular formula is C15H18N2O3. The molecule has 0 atom stereocenters. The molecule has 106 valence electrons. The number of aromatic nitrogens is 1. The Hall–Kier alpha value is -2.17. The van der Waals surface area contributed by atoms with Crippen molar-refractivity contribution in [2.45, 2.75) is 19.3 Å². The molecule has 5 heteroatoms. The number of rotatable bonds is 3. The van der Waals surface area contributed by atoms with Crippen LogP contribution in [0.25, 0.3) is 11.3 Å². The Balaban J connectivity index is 2.06. The van der Waals surface area contributed by atoms with Gasteiger partial charge in [0.05, 0.1) is 14.2 Å². The number of hydrogen-bond acceptors (Lipinski definition) is 5. The summed E-state index contributed by atoms with van der Waals surface area (Å²) in [5.41, 5.74) is 2.96. The predicted molar refractivity (Wildman–Crippen MR) is 76.5 cm³/mol. The van der Waals surface area contributed by atoms with Crippen LogP contribution in [0.5, 0.6) is 11.5 Å². The van der Waals surface area contributed by atoms with Gasteiger partial charge in [0.1, 0.15) is 17.2 Å². The van der Waals surface area contributed by atoms with Gasteiger partial charge in [-0.05, 0) is 31.4 Å². The molecular weight excluding hydrogens is 256 g/mol. The van der Waals surface area contributed by atoms with Crippen LogP contribution in [0, 0.1) is 0 Å². The summed E-state index contributed by atoms with van der Waals surface area (Å²) < 4.78 is 16.0. The summed E-state index contributed by atoms with van der Waals surface area (Å²) in [5, 5.41) is 7.49. The standard InChI is InChI=1S/C15H18N2O3/c1-18-11-7-10(8-12(9-11)19-2)14-13-5-3-4-6-16-15(13)20-17-14/h7-9,16H,3-6H2,1-2H3. The Morgan fingerprint density at radius 3 is 2.55 bits per heavy atom. The highest BCUT2D eigenvalue weighted by Crippen LogP contribution is 2.35. The molecule has 0 spiro atoms. The van der Waals surface area contributed by atoms with Gasteiger partial charge in [0.2, 0.25) is 5.88 Å². The molecule has 3 rings (SSSR count). The fraction of sp³-hybridized carbons (Fsp3) is 0.400. The highest BCUT2D eigenvalue weighted by molar-refractivity contribution is 5.70. The van der Waals surface area contributed by atoms with Crippen LogP contribution >= 0.6 is 0 Å². The average Bonchev–Trinajstić information content (AvgIpc) is 2.75. The van der Waals surface area contributed by atoms with Crippen molar-refractivity contribution in [3.8, 4) is 22.8 Å². The number of hydrogen-bond donors (Lipinski definition) is 1. The number of benzene rings is 1. The largest absolute Gasteiger partial charge is 0.497 e. The second kappa shape index (κ2) is 5.45. The first-order valence-electron chi connectivity index (χ1n) is 6.77. The number of methoxy groups -OCH3 is 2. The topological polar surface area (TPSA) is 56.5 Å². The third-order valence-corrected chi connectivity index (χ3v) is 3.55. The molecule has 5 nitrogen and oxygen atoms in total. The maximum absolute atomic E-state index is 5.43. The first-order chi connectivity index (χ1) is 9.81. The first kappa shape index (κ1) is 12.8. The molecule has 20 heavy (non-hydrogen) atoms. The summed E-state index contributed by atoms with van der Waals surface area (Å²) in [5.74, 6) is 2.29. The maximum Gasteiger partial charge on any atom is 0.228 e. The Bertz CT molecular complexity index is 585. The van der Waals surface area contributed by atoms with Crippen LogP contribution in [0.1, 0.15) is 18.4 Å². The highest BCUT2D eigenvalue weighted by Gasteiger charge is 2.20. The number of nitrogens with one attached hydrogen (secondary N) is 1. The molecule has 1 aliphatic heterocycles. The number of anilines is 1. The molecule has 1 aromatic carbocycles. The minimum Gasteiger partial charge on any atom is -0.497 e. The molecule has 0 unspecified atom stereocenters. The zero-order valence-corrected chi connectivity index (χ0v) is 11.7. The van der Waals surface area contributed by atoms with E-state index in [2.05, 4.69) is 10.5 Å². The second-order valence-corrected chi connectivity index (χ2v) is 4.82. The van der Waals surface area contributed by atoms with Crippen LogP contribution in [0.2, 0.25) is 0 Å². The molecule has 2 heterocycles. The normalized spacial score (nSPS) is 14.1. The van der Waals surface area contributed by atoms with Gasteiger partial charge in [0, 0.05) is 23.7 Å². The van der Waals surface area contributed by atoms with Crippen LogP contribution in [-0.2, 0) is 6.42 Å². The maximum atomic E-state index is 5.43. The van der Waals surface area contributed by atoms with Crippen molar-refractivity contribution in [2.75, 3.05) is 26.1 Å². The molecule has 1 aromatic heterocycles. The van der Waals surface area contributed by atoms with E-state index < -0.39 is 0 Å². The number of ether oxygens (including phenoxy) is 2. The van der Waals surface area contributed by atoms with Crippen molar-refractivity contribution in [2.24, 2.45) is 0 Å². The van der Waals surface area contributed by atoms with E-state index in [0.29, 0.717) is 0 Å². The average molecular weight is 274 g/mol. The van der Waals surface area contributed by atoms with Gasteiger partial charge >= 0.3 is 0 Å². The van der Waals surface area contributed by atoms with E-state index in [4.69, 9.17) is 14.0 Å². The summed E-state index contributed by atoms with van der Waals surface area (Å²) in [6.45, 7) is 0.934. The smallest absolute Gasteiger partial charge is 0.228 e. The van der Waals surface area contributed by atoms with Crippen LogP contribution in [0.3, 0.4) is 0 Å². The molecule has 0 bridgehead atoms. The molecule has 0 amide bonds. The first-order valence-corrected chi connectivity index (χ1v) is 6.77. The van der Waals surface area contributed by atoms with E-state index in [1.54, 1.807) is 14.2 Å². The van der Waals surface area contributed by atoms with Crippen LogP contribution in [0.4, 0.5) is 5.88 Å². The molecule has 0 fully saturated rings. The van der Waals surface area contributed by atoms with Crippen LogP contribution in [-0.4, -0.2) is 25.9 Å². The Kier molecular flexibility index (Phi) is 3.50. The van der Waals surface area contributed by atoms with Gasteiger partial charge in [-0.25, -0.2) is 0 Å². The fourth-order valence-electron chi connectivity index (χ4n) is 2.48. The van der Waals surface area contributed by atoms with Gasteiger partial charge in [-0.1, -0.05) is 5.16 Å². The lowest BCUT2D eigenvalue weighted by molar-refractivity contribution is 0.394. The second-order valence-electron chi connectivity index (χ2n) is 4.82. The minimum atomic E-state index is 0.748. The molecule has 0 aliphatic carbocycles. The molecule has 2 aromatic rings. The highest BCUT2D eigenvalue weighted by atomic mass is 16.5. The van der Waals surface area contributed by atoms with E-state index in [1.807, 2.05) is 18.2 Å². The summed E-state index contributed by atoms with van der Waals surface area (Å²) in [6, 6.07) is 5.75. The van der Waals surface area contributed by atoms with Crippen molar-refractivity contribution >= 4 is 5.88 Å². The third kappa shape index (κ3) is 2.31. The predicted octanol–water partition coefficient (Wildman–Crippen LogP) is 3.11. The van der Waals surface area contributed by atoms with Gasteiger partial charge in [-0.15, -0.1) is 0 Å². The van der Waals surface area contributed by atoms with Gasteiger partial charge in [-0.2, -0.15) is 0 Å². The lowest BCUT2D eigenvalue weighted by Gasteiger charge is -2.07. The van der Waals surface area contributed by atoms with E-state index in [1.165, 1.54) is 0 Å². The summed E-state index contributed by atoms with van der Waals surface area (Å²) in [7, 11) is 3.28.